The molecule has 138 valence electrons. The lowest BCUT2D eigenvalue weighted by molar-refractivity contribution is 0.139. The Labute approximate surface area is 147 Å². The number of nitrogens with two attached hydrogens (primary N) is 1. The topological polar surface area (TPSA) is 119 Å². The number of fused-ring (bicyclic) bond motifs is 1. The average molecular weight is 398 g/mol. The lowest BCUT2D eigenvalue weighted by Gasteiger charge is -2.32. The van der Waals surface area contributed by atoms with Crippen LogP contribution in [0.4, 0.5) is 0 Å². The highest BCUT2D eigenvalue weighted by Crippen LogP contribution is 2.39. The second kappa shape index (κ2) is 7.77. The van der Waals surface area contributed by atoms with E-state index in [9.17, 15) is 16.8 Å². The third kappa shape index (κ3) is 4.15. The Kier molecular flexibility index (Phi) is 6.40. The Balaban J connectivity index is 2.36. The van der Waals surface area contributed by atoms with Crippen LogP contribution in [0, 0.1) is 0 Å². The molecule has 0 amide bonds. The smallest absolute Gasteiger partial charge is 0.252 e. The molecule has 1 unspecified atom stereocenters. The predicted molar refractivity (Wildman–Crippen MR) is 92.0 cm³/mol. The van der Waals surface area contributed by atoms with Gasteiger partial charge in [0.2, 0.25) is 10.0 Å². The first-order valence-electron chi connectivity index (χ1n) is 7.69. The zero-order chi connectivity index (χ0) is 18.0. The van der Waals surface area contributed by atoms with E-state index in [1.807, 2.05) is 13.8 Å². The van der Waals surface area contributed by atoms with Gasteiger partial charge in [-0.3, -0.25) is 0 Å². The first-order valence-corrected chi connectivity index (χ1v) is 11.5. The molecule has 2 rings (SSSR count). The number of hydrogen-bond acceptors (Lipinski definition) is 7. The first kappa shape index (κ1) is 19.8. The predicted octanol–water partition coefficient (Wildman–Crippen LogP) is 0.477. The fourth-order valence-electron chi connectivity index (χ4n) is 2.59. The number of nitrogens with zero attached hydrogens (tertiary/aromatic N) is 1. The highest BCUT2D eigenvalue weighted by atomic mass is 32.3. The van der Waals surface area contributed by atoms with Crippen molar-refractivity contribution in [3.63, 3.8) is 0 Å². The summed E-state index contributed by atoms with van der Waals surface area (Å²) in [4.78, 5) is 0. The molecular weight excluding hydrogens is 374 g/mol. The van der Waals surface area contributed by atoms with Crippen molar-refractivity contribution in [1.82, 2.24) is 9.62 Å². The molecule has 0 aliphatic carbocycles. The molecule has 2 heterocycles. The molecule has 8 nitrogen and oxygen atoms in total. The molecule has 11 heteroatoms. The minimum Gasteiger partial charge on any atom is -0.382 e. The number of rotatable bonds is 8. The van der Waals surface area contributed by atoms with E-state index in [1.165, 1.54) is 10.4 Å². The second-order valence-electron chi connectivity index (χ2n) is 5.38. The van der Waals surface area contributed by atoms with E-state index >= 15 is 0 Å². The number of sulfonamides is 2. The van der Waals surface area contributed by atoms with Gasteiger partial charge in [-0.05, 0) is 26.0 Å². The van der Waals surface area contributed by atoms with E-state index in [2.05, 4.69) is 5.32 Å². The number of primary sulfonamides is 1. The van der Waals surface area contributed by atoms with E-state index in [1.54, 1.807) is 0 Å². The van der Waals surface area contributed by atoms with Crippen LogP contribution < -0.4 is 10.5 Å². The molecule has 0 spiro atoms. The summed E-state index contributed by atoms with van der Waals surface area (Å²) in [5.74, 6) is 0. The SMILES string of the molecule is CCNC1CN(CCCOCC)S(=O)(=O)c2sc(S(N)(=O)=O)cc21. The first-order chi connectivity index (χ1) is 11.2. The fourth-order valence-corrected chi connectivity index (χ4v) is 6.89. The van der Waals surface area contributed by atoms with Gasteiger partial charge >= 0.3 is 0 Å². The van der Waals surface area contributed by atoms with Crippen LogP contribution in [0.2, 0.25) is 0 Å². The van der Waals surface area contributed by atoms with Gasteiger partial charge in [0.25, 0.3) is 10.0 Å². The fraction of sp³-hybridized carbons (Fsp3) is 0.692. The van der Waals surface area contributed by atoms with Crippen molar-refractivity contribution < 1.29 is 21.6 Å². The quantitative estimate of drug-likeness (QED) is 0.616. The summed E-state index contributed by atoms with van der Waals surface area (Å²) in [5, 5.41) is 8.37. The van der Waals surface area contributed by atoms with Gasteiger partial charge in [0.15, 0.2) is 0 Å². The van der Waals surface area contributed by atoms with Crippen molar-refractivity contribution in [2.75, 3.05) is 32.8 Å². The average Bonchev–Trinajstić information content (AvgIpc) is 2.95. The van der Waals surface area contributed by atoms with Crippen molar-refractivity contribution in [1.29, 1.82) is 0 Å². The summed E-state index contributed by atoms with van der Waals surface area (Å²) in [7, 11) is -7.66. The van der Waals surface area contributed by atoms with Crippen molar-refractivity contribution in [2.24, 2.45) is 5.14 Å². The molecule has 0 saturated heterocycles. The van der Waals surface area contributed by atoms with Crippen molar-refractivity contribution in [2.45, 2.75) is 34.7 Å². The summed E-state index contributed by atoms with van der Waals surface area (Å²) in [6.45, 7) is 6.08. The molecule has 0 radical (unpaired) electrons. The standard InChI is InChI=1S/C13H23N3O5S3/c1-3-15-11-9-16(6-5-7-21-4-2)24(19,20)13-10(11)8-12(22-13)23(14,17)18/h8,11,15H,3-7,9H2,1-2H3,(H2,14,17,18). The molecule has 24 heavy (non-hydrogen) atoms. The summed E-state index contributed by atoms with van der Waals surface area (Å²) in [6, 6.07) is 1.12. The lowest BCUT2D eigenvalue weighted by atomic mass is 10.1. The highest BCUT2D eigenvalue weighted by Gasteiger charge is 2.39. The highest BCUT2D eigenvalue weighted by molar-refractivity contribution is 7.94. The van der Waals surface area contributed by atoms with E-state index in [-0.39, 0.29) is 21.0 Å². The summed E-state index contributed by atoms with van der Waals surface area (Å²) in [6.07, 6.45) is 0.578. The molecule has 1 aliphatic heterocycles. The molecule has 0 bridgehead atoms. The number of likely N-dealkylation sites (N-methyl/N-ethyl adjacent to an activating group) is 1. The summed E-state index contributed by atoms with van der Waals surface area (Å²) in [5.41, 5.74) is 0.479. The minimum atomic E-state index is -3.94. The Morgan fingerprint density at radius 3 is 2.75 bits per heavy atom. The Bertz CT molecular complexity index is 773. The zero-order valence-electron chi connectivity index (χ0n) is 13.7. The maximum Gasteiger partial charge on any atom is 0.252 e. The van der Waals surface area contributed by atoms with E-state index in [0.717, 1.165) is 0 Å². The second-order valence-corrected chi connectivity index (χ2v) is 10.4. The molecule has 1 aromatic heterocycles. The van der Waals surface area contributed by atoms with Gasteiger partial charge in [0, 0.05) is 37.9 Å². The summed E-state index contributed by atoms with van der Waals surface area (Å²) < 4.78 is 55.3. The number of ether oxygens (including phenoxy) is 1. The van der Waals surface area contributed by atoms with Crippen LogP contribution >= 0.6 is 11.3 Å². The van der Waals surface area contributed by atoms with Crippen molar-refractivity contribution >= 4 is 31.4 Å². The third-order valence-electron chi connectivity index (χ3n) is 3.67. The minimum absolute atomic E-state index is 0.0557. The van der Waals surface area contributed by atoms with Crippen LogP contribution in [0.25, 0.3) is 0 Å². The van der Waals surface area contributed by atoms with Crippen LogP contribution in [-0.4, -0.2) is 54.0 Å². The van der Waals surface area contributed by atoms with Gasteiger partial charge in [-0.15, -0.1) is 11.3 Å². The molecule has 3 N–H and O–H groups in total. The largest absolute Gasteiger partial charge is 0.382 e. The van der Waals surface area contributed by atoms with Crippen LogP contribution in [-0.2, 0) is 24.8 Å². The number of hydrogen-bond donors (Lipinski definition) is 2. The van der Waals surface area contributed by atoms with E-state index < -0.39 is 20.0 Å². The van der Waals surface area contributed by atoms with Gasteiger partial charge in [0.05, 0.1) is 0 Å². The maximum atomic E-state index is 12.8. The monoisotopic (exact) mass is 397 g/mol. The Hall–Kier alpha value is -0.560. The van der Waals surface area contributed by atoms with Gasteiger partial charge < -0.3 is 10.1 Å². The maximum absolute atomic E-state index is 12.8. The van der Waals surface area contributed by atoms with Gasteiger partial charge in [-0.1, -0.05) is 6.92 Å². The molecule has 1 aromatic rings. The Morgan fingerprint density at radius 1 is 1.46 bits per heavy atom. The molecule has 1 aliphatic rings. The van der Waals surface area contributed by atoms with Crippen LogP contribution in [0.3, 0.4) is 0 Å². The van der Waals surface area contributed by atoms with E-state index in [4.69, 9.17) is 9.88 Å². The number of thiophene rings is 1. The van der Waals surface area contributed by atoms with E-state index in [0.29, 0.717) is 49.6 Å². The molecule has 0 fully saturated rings. The molecule has 0 aromatic carbocycles. The molecule has 0 saturated carbocycles. The number of nitrogens with one attached hydrogen (secondary N) is 1. The van der Waals surface area contributed by atoms with Crippen molar-refractivity contribution in [3.8, 4) is 0 Å². The molecular formula is C13H23N3O5S3. The van der Waals surface area contributed by atoms with Crippen LogP contribution in [0.5, 0.6) is 0 Å². The van der Waals surface area contributed by atoms with Gasteiger partial charge in [0.1, 0.15) is 8.42 Å². The normalized spacial score (nSPS) is 20.9. The van der Waals surface area contributed by atoms with Crippen LogP contribution in [0.1, 0.15) is 31.9 Å². The van der Waals surface area contributed by atoms with Gasteiger partial charge in [-0.2, -0.15) is 4.31 Å². The lowest BCUT2D eigenvalue weighted by Crippen LogP contribution is -2.43. The third-order valence-corrected chi connectivity index (χ3v) is 8.63. The Morgan fingerprint density at radius 2 is 2.17 bits per heavy atom. The van der Waals surface area contributed by atoms with Gasteiger partial charge in [-0.25, -0.2) is 22.0 Å². The zero-order valence-corrected chi connectivity index (χ0v) is 16.1. The molecule has 1 atom stereocenters. The van der Waals surface area contributed by atoms with Crippen LogP contribution in [0.15, 0.2) is 14.5 Å². The summed E-state index contributed by atoms with van der Waals surface area (Å²) >= 11 is 0.712. The van der Waals surface area contributed by atoms with Crippen molar-refractivity contribution in [3.05, 3.63) is 11.6 Å².